The molecule has 0 radical (unpaired) electrons. The summed E-state index contributed by atoms with van der Waals surface area (Å²) in [5, 5.41) is 11.7. The Hall–Kier alpha value is -2.11. The molecule has 0 aromatic carbocycles. The SMILES string of the molecule is Cc1ncccc1NC(=O)N1CCC(C(=O)O)CC1. The van der Waals surface area contributed by atoms with Crippen molar-refractivity contribution in [3.05, 3.63) is 24.0 Å². The first-order chi connectivity index (χ1) is 9.08. The number of nitrogens with one attached hydrogen (secondary N) is 1. The summed E-state index contributed by atoms with van der Waals surface area (Å²) in [7, 11) is 0. The Kier molecular flexibility index (Phi) is 3.99. The van der Waals surface area contributed by atoms with Gasteiger partial charge in [-0.25, -0.2) is 4.79 Å². The number of carbonyl (C=O) groups is 2. The van der Waals surface area contributed by atoms with E-state index in [9.17, 15) is 9.59 Å². The molecule has 1 aromatic heterocycles. The molecule has 2 heterocycles. The first kappa shape index (κ1) is 13.3. The molecule has 0 bridgehead atoms. The number of aromatic nitrogens is 1. The van der Waals surface area contributed by atoms with Crippen LogP contribution in [0.2, 0.25) is 0 Å². The number of aliphatic carboxylic acids is 1. The normalized spacial score (nSPS) is 16.2. The fraction of sp³-hybridized carbons (Fsp3) is 0.462. The molecule has 1 saturated heterocycles. The van der Waals surface area contributed by atoms with Crippen molar-refractivity contribution in [2.24, 2.45) is 5.92 Å². The van der Waals surface area contributed by atoms with Crippen molar-refractivity contribution in [3.8, 4) is 0 Å². The maximum absolute atomic E-state index is 12.0. The Labute approximate surface area is 111 Å². The van der Waals surface area contributed by atoms with Gasteiger partial charge in [0.25, 0.3) is 0 Å². The summed E-state index contributed by atoms with van der Waals surface area (Å²) in [5.41, 5.74) is 1.45. The molecule has 102 valence electrons. The number of pyridine rings is 1. The molecule has 2 rings (SSSR count). The van der Waals surface area contributed by atoms with Crippen LogP contribution in [0.4, 0.5) is 10.5 Å². The molecule has 6 nitrogen and oxygen atoms in total. The van der Waals surface area contributed by atoms with Gasteiger partial charge in [0.05, 0.1) is 17.3 Å². The molecule has 0 atom stereocenters. The predicted octanol–water partition coefficient (Wildman–Crippen LogP) is 1.72. The minimum absolute atomic E-state index is 0.195. The van der Waals surface area contributed by atoms with E-state index in [4.69, 9.17) is 5.11 Å². The zero-order chi connectivity index (χ0) is 13.8. The van der Waals surface area contributed by atoms with Gasteiger partial charge in [-0.3, -0.25) is 9.78 Å². The Morgan fingerprint density at radius 2 is 2.11 bits per heavy atom. The highest BCUT2D eigenvalue weighted by atomic mass is 16.4. The van der Waals surface area contributed by atoms with Crippen LogP contribution in [0.5, 0.6) is 0 Å². The summed E-state index contributed by atoms with van der Waals surface area (Å²) in [5.74, 6) is -1.10. The molecular formula is C13H17N3O3. The maximum Gasteiger partial charge on any atom is 0.321 e. The van der Waals surface area contributed by atoms with Crippen LogP contribution < -0.4 is 5.32 Å². The Morgan fingerprint density at radius 3 is 2.68 bits per heavy atom. The van der Waals surface area contributed by atoms with Crippen LogP contribution in [0.1, 0.15) is 18.5 Å². The standard InChI is InChI=1S/C13H17N3O3/c1-9-11(3-2-6-14-9)15-13(19)16-7-4-10(5-8-16)12(17)18/h2-3,6,10H,4-5,7-8H2,1H3,(H,15,19)(H,17,18). The summed E-state index contributed by atoms with van der Waals surface area (Å²) in [6, 6.07) is 3.36. The molecule has 0 aliphatic carbocycles. The van der Waals surface area contributed by atoms with Gasteiger partial charge in [-0.2, -0.15) is 0 Å². The Balaban J connectivity index is 1.92. The molecule has 19 heavy (non-hydrogen) atoms. The first-order valence-corrected chi connectivity index (χ1v) is 6.28. The summed E-state index contributed by atoms with van der Waals surface area (Å²) in [6.45, 7) is 2.77. The topological polar surface area (TPSA) is 82.5 Å². The molecule has 1 fully saturated rings. The molecule has 0 spiro atoms. The number of anilines is 1. The minimum atomic E-state index is -0.775. The van der Waals surface area contributed by atoms with Gasteiger partial charge in [0.15, 0.2) is 0 Å². The van der Waals surface area contributed by atoms with Crippen molar-refractivity contribution in [1.29, 1.82) is 0 Å². The largest absolute Gasteiger partial charge is 0.481 e. The first-order valence-electron chi connectivity index (χ1n) is 6.28. The van der Waals surface area contributed by atoms with Crippen LogP contribution in [0.3, 0.4) is 0 Å². The van der Waals surface area contributed by atoms with E-state index in [0.29, 0.717) is 31.6 Å². The van der Waals surface area contributed by atoms with E-state index in [1.165, 1.54) is 0 Å². The van der Waals surface area contributed by atoms with Crippen LogP contribution in [0.15, 0.2) is 18.3 Å². The van der Waals surface area contributed by atoms with Crippen LogP contribution >= 0.6 is 0 Å². The van der Waals surface area contributed by atoms with Crippen molar-refractivity contribution in [2.75, 3.05) is 18.4 Å². The molecule has 1 aliphatic rings. The molecule has 0 saturated carbocycles. The van der Waals surface area contributed by atoms with Crippen molar-refractivity contribution < 1.29 is 14.7 Å². The van der Waals surface area contributed by atoms with Gasteiger partial charge in [0.2, 0.25) is 0 Å². The lowest BCUT2D eigenvalue weighted by Gasteiger charge is -2.30. The lowest BCUT2D eigenvalue weighted by atomic mass is 9.97. The number of likely N-dealkylation sites (tertiary alicyclic amines) is 1. The third-order valence-electron chi connectivity index (χ3n) is 3.38. The lowest BCUT2D eigenvalue weighted by molar-refractivity contribution is -0.143. The molecule has 1 aromatic rings. The second-order valence-corrected chi connectivity index (χ2v) is 4.67. The quantitative estimate of drug-likeness (QED) is 0.851. The molecule has 2 N–H and O–H groups in total. The van der Waals surface area contributed by atoms with Gasteiger partial charge in [0, 0.05) is 19.3 Å². The van der Waals surface area contributed by atoms with E-state index in [2.05, 4.69) is 10.3 Å². The Morgan fingerprint density at radius 1 is 1.42 bits per heavy atom. The predicted molar refractivity (Wildman–Crippen MR) is 69.9 cm³/mol. The number of urea groups is 1. The van der Waals surface area contributed by atoms with Crippen LogP contribution in [-0.4, -0.2) is 40.1 Å². The zero-order valence-electron chi connectivity index (χ0n) is 10.8. The Bertz CT molecular complexity index is 482. The summed E-state index contributed by atoms with van der Waals surface area (Å²) < 4.78 is 0. The van der Waals surface area contributed by atoms with E-state index >= 15 is 0 Å². The highest BCUT2D eigenvalue weighted by Gasteiger charge is 2.27. The van der Waals surface area contributed by atoms with Gasteiger partial charge in [0.1, 0.15) is 0 Å². The number of carboxylic acids is 1. The fourth-order valence-electron chi connectivity index (χ4n) is 2.14. The summed E-state index contributed by atoms with van der Waals surface area (Å²) in [6.07, 6.45) is 2.69. The van der Waals surface area contributed by atoms with Gasteiger partial charge in [-0.1, -0.05) is 0 Å². The number of piperidine rings is 1. The molecule has 6 heteroatoms. The van der Waals surface area contributed by atoms with Crippen molar-refractivity contribution in [2.45, 2.75) is 19.8 Å². The minimum Gasteiger partial charge on any atom is -0.481 e. The number of carbonyl (C=O) groups excluding carboxylic acids is 1. The number of carboxylic acid groups (broad SMARTS) is 1. The summed E-state index contributed by atoms with van der Waals surface area (Å²) in [4.78, 5) is 28.6. The zero-order valence-corrected chi connectivity index (χ0v) is 10.8. The number of nitrogens with zero attached hydrogens (tertiary/aromatic N) is 2. The fourth-order valence-corrected chi connectivity index (χ4v) is 2.14. The van der Waals surface area contributed by atoms with Gasteiger partial charge >= 0.3 is 12.0 Å². The van der Waals surface area contributed by atoms with Crippen LogP contribution in [0, 0.1) is 12.8 Å². The molecule has 0 unspecified atom stereocenters. The van der Waals surface area contributed by atoms with Gasteiger partial charge in [-0.15, -0.1) is 0 Å². The van der Waals surface area contributed by atoms with E-state index in [1.807, 2.05) is 6.92 Å². The number of rotatable bonds is 2. The molecule has 1 aliphatic heterocycles. The van der Waals surface area contributed by atoms with Crippen molar-refractivity contribution in [1.82, 2.24) is 9.88 Å². The highest BCUT2D eigenvalue weighted by Crippen LogP contribution is 2.19. The van der Waals surface area contributed by atoms with Crippen LogP contribution in [-0.2, 0) is 4.79 Å². The van der Waals surface area contributed by atoms with Gasteiger partial charge in [-0.05, 0) is 31.9 Å². The van der Waals surface area contributed by atoms with Crippen molar-refractivity contribution in [3.63, 3.8) is 0 Å². The summed E-state index contributed by atoms with van der Waals surface area (Å²) >= 11 is 0. The van der Waals surface area contributed by atoms with Gasteiger partial charge < -0.3 is 15.3 Å². The molecular weight excluding hydrogens is 246 g/mol. The van der Waals surface area contributed by atoms with E-state index in [-0.39, 0.29) is 11.9 Å². The molecule has 2 amide bonds. The highest BCUT2D eigenvalue weighted by molar-refractivity contribution is 5.90. The van der Waals surface area contributed by atoms with E-state index in [0.717, 1.165) is 5.69 Å². The van der Waals surface area contributed by atoms with Crippen molar-refractivity contribution >= 4 is 17.7 Å². The number of hydrogen-bond donors (Lipinski definition) is 2. The maximum atomic E-state index is 12.0. The number of aryl methyl sites for hydroxylation is 1. The average molecular weight is 263 g/mol. The monoisotopic (exact) mass is 263 g/mol. The third-order valence-corrected chi connectivity index (χ3v) is 3.38. The average Bonchev–Trinajstić information content (AvgIpc) is 2.41. The second kappa shape index (κ2) is 5.69. The third kappa shape index (κ3) is 3.21. The number of amides is 2. The smallest absolute Gasteiger partial charge is 0.321 e. The van der Waals surface area contributed by atoms with E-state index in [1.54, 1.807) is 23.2 Å². The number of hydrogen-bond acceptors (Lipinski definition) is 3. The second-order valence-electron chi connectivity index (χ2n) is 4.67. The lowest BCUT2D eigenvalue weighted by Crippen LogP contribution is -2.42. The van der Waals surface area contributed by atoms with Crippen LogP contribution in [0.25, 0.3) is 0 Å². The van der Waals surface area contributed by atoms with E-state index < -0.39 is 5.97 Å².